The lowest BCUT2D eigenvalue weighted by Gasteiger charge is -2.20. The number of halogens is 1. The topological polar surface area (TPSA) is 12.0 Å². The zero-order valence-corrected chi connectivity index (χ0v) is 15.1. The molecule has 0 aliphatic heterocycles. The molecule has 0 saturated heterocycles. The van der Waals surface area contributed by atoms with Gasteiger partial charge in [0, 0.05) is 4.88 Å². The number of hydrogen-bond acceptors (Lipinski definition) is 2. The third-order valence-corrected chi connectivity index (χ3v) is 5.86. The van der Waals surface area contributed by atoms with E-state index in [9.17, 15) is 0 Å². The molecule has 1 aromatic heterocycles. The van der Waals surface area contributed by atoms with Crippen LogP contribution in [0.4, 0.5) is 0 Å². The number of nitrogens with one attached hydrogen (secondary N) is 1. The zero-order chi connectivity index (χ0) is 14.8. The monoisotopic (exact) mass is 363 g/mol. The Labute approximate surface area is 139 Å². The van der Waals surface area contributed by atoms with E-state index in [0.717, 1.165) is 13.0 Å². The number of fused-ring (bicyclic) bond motifs is 1. The second-order valence-electron chi connectivity index (χ2n) is 5.83. The van der Waals surface area contributed by atoms with Gasteiger partial charge in [-0.2, -0.15) is 0 Å². The summed E-state index contributed by atoms with van der Waals surface area (Å²) in [4.78, 5) is 1.40. The van der Waals surface area contributed by atoms with Gasteiger partial charge >= 0.3 is 0 Å². The molecule has 1 aliphatic carbocycles. The van der Waals surface area contributed by atoms with Gasteiger partial charge in [0.15, 0.2) is 0 Å². The van der Waals surface area contributed by atoms with Gasteiger partial charge in [-0.05, 0) is 83.4 Å². The van der Waals surface area contributed by atoms with Crippen LogP contribution in [0, 0.1) is 6.92 Å². The molecule has 1 heterocycles. The van der Waals surface area contributed by atoms with Gasteiger partial charge < -0.3 is 5.32 Å². The summed E-state index contributed by atoms with van der Waals surface area (Å²) in [6, 6.07) is 9.69. The molecule has 1 aromatic carbocycles. The molecule has 1 aliphatic rings. The lowest BCUT2D eigenvalue weighted by Crippen LogP contribution is -2.23. The molecule has 0 bridgehead atoms. The third kappa shape index (κ3) is 3.25. The predicted octanol–water partition coefficient (Wildman–Crippen LogP) is 5.40. The Morgan fingerprint density at radius 2 is 2.05 bits per heavy atom. The molecule has 3 heteroatoms. The quantitative estimate of drug-likeness (QED) is 0.749. The first-order chi connectivity index (χ1) is 10.2. The zero-order valence-electron chi connectivity index (χ0n) is 12.7. The van der Waals surface area contributed by atoms with Gasteiger partial charge in [-0.1, -0.05) is 25.1 Å². The molecule has 1 unspecified atom stereocenters. The lowest BCUT2D eigenvalue weighted by atomic mass is 9.96. The normalized spacial score (nSPS) is 15.2. The van der Waals surface area contributed by atoms with Gasteiger partial charge in [-0.25, -0.2) is 0 Å². The molecule has 2 aromatic rings. The molecule has 0 amide bonds. The van der Waals surface area contributed by atoms with E-state index < -0.39 is 0 Å². The van der Waals surface area contributed by atoms with Crippen LogP contribution in [0.3, 0.4) is 0 Å². The Balaban J connectivity index is 1.97. The van der Waals surface area contributed by atoms with Crippen molar-refractivity contribution in [1.82, 2.24) is 5.32 Å². The summed E-state index contributed by atoms with van der Waals surface area (Å²) in [6.45, 7) is 5.50. The molecule has 0 saturated carbocycles. The molecule has 21 heavy (non-hydrogen) atoms. The van der Waals surface area contributed by atoms with Crippen molar-refractivity contribution in [3.05, 3.63) is 55.2 Å². The van der Waals surface area contributed by atoms with Crippen molar-refractivity contribution in [3.63, 3.8) is 0 Å². The lowest BCUT2D eigenvalue weighted by molar-refractivity contribution is 0.597. The van der Waals surface area contributed by atoms with Crippen LogP contribution >= 0.6 is 27.3 Å². The predicted molar refractivity (Wildman–Crippen MR) is 95.4 cm³/mol. The van der Waals surface area contributed by atoms with Crippen molar-refractivity contribution in [3.8, 4) is 0 Å². The van der Waals surface area contributed by atoms with Gasteiger partial charge in [-0.3, -0.25) is 0 Å². The second-order valence-corrected chi connectivity index (χ2v) is 8.47. The number of hydrogen-bond donors (Lipinski definition) is 1. The van der Waals surface area contributed by atoms with Crippen LogP contribution in [0.2, 0.25) is 0 Å². The van der Waals surface area contributed by atoms with Crippen molar-refractivity contribution in [1.29, 1.82) is 0 Å². The van der Waals surface area contributed by atoms with Gasteiger partial charge in [0.25, 0.3) is 0 Å². The van der Waals surface area contributed by atoms with Gasteiger partial charge in [0.05, 0.1) is 9.83 Å². The molecular weight excluding hydrogens is 342 g/mol. The van der Waals surface area contributed by atoms with E-state index >= 15 is 0 Å². The maximum absolute atomic E-state index is 3.73. The fraction of sp³-hybridized carbons (Fsp3) is 0.444. The van der Waals surface area contributed by atoms with Crippen LogP contribution in [0.5, 0.6) is 0 Å². The van der Waals surface area contributed by atoms with Crippen molar-refractivity contribution in [2.75, 3.05) is 6.54 Å². The summed E-state index contributed by atoms with van der Waals surface area (Å²) in [5.74, 6) is 0. The van der Waals surface area contributed by atoms with Crippen LogP contribution in [0.15, 0.2) is 28.1 Å². The second kappa shape index (κ2) is 6.64. The van der Waals surface area contributed by atoms with Crippen molar-refractivity contribution < 1.29 is 0 Å². The summed E-state index contributed by atoms with van der Waals surface area (Å²) in [5, 5.41) is 3.73. The van der Waals surface area contributed by atoms with E-state index in [1.54, 1.807) is 11.1 Å². The first kappa shape index (κ1) is 15.3. The first-order valence-corrected chi connectivity index (χ1v) is 9.41. The molecule has 3 rings (SSSR count). The van der Waals surface area contributed by atoms with Crippen molar-refractivity contribution >= 4 is 27.3 Å². The minimum absolute atomic E-state index is 0.318. The minimum Gasteiger partial charge on any atom is -0.306 e. The van der Waals surface area contributed by atoms with Gasteiger partial charge in [0.1, 0.15) is 0 Å². The van der Waals surface area contributed by atoms with Crippen molar-refractivity contribution in [2.45, 2.75) is 45.6 Å². The van der Waals surface area contributed by atoms with Crippen LogP contribution in [-0.2, 0) is 12.8 Å². The van der Waals surface area contributed by atoms with Gasteiger partial charge in [-0.15, -0.1) is 11.3 Å². The molecular formula is C18H22BrNS. The largest absolute Gasteiger partial charge is 0.306 e. The Bertz CT molecular complexity index is 632. The Hall–Kier alpha value is -0.640. The highest BCUT2D eigenvalue weighted by molar-refractivity contribution is 9.11. The molecule has 0 spiro atoms. The Morgan fingerprint density at radius 3 is 2.76 bits per heavy atom. The summed E-state index contributed by atoms with van der Waals surface area (Å²) in [7, 11) is 0. The SMILES string of the molecule is CCCNC(c1ccc2c(c1)CCC2)c1cc(Br)sc1C. The van der Waals surface area contributed by atoms with E-state index in [1.165, 1.54) is 39.1 Å². The molecule has 112 valence electrons. The highest BCUT2D eigenvalue weighted by Crippen LogP contribution is 2.35. The minimum atomic E-state index is 0.318. The average molecular weight is 364 g/mol. The Kier molecular flexibility index (Phi) is 4.82. The van der Waals surface area contributed by atoms with E-state index in [-0.39, 0.29) is 0 Å². The molecule has 0 radical (unpaired) electrons. The smallest absolute Gasteiger partial charge is 0.0704 e. The highest BCUT2D eigenvalue weighted by atomic mass is 79.9. The van der Waals surface area contributed by atoms with Crippen LogP contribution < -0.4 is 5.32 Å². The van der Waals surface area contributed by atoms with E-state index in [4.69, 9.17) is 0 Å². The summed E-state index contributed by atoms with van der Waals surface area (Å²) < 4.78 is 1.22. The Morgan fingerprint density at radius 1 is 1.24 bits per heavy atom. The van der Waals surface area contributed by atoms with E-state index in [1.807, 2.05) is 11.3 Å². The summed E-state index contributed by atoms with van der Waals surface area (Å²) in [6.07, 6.45) is 4.97. The maximum atomic E-state index is 3.73. The number of rotatable bonds is 5. The molecule has 1 N–H and O–H groups in total. The van der Waals surface area contributed by atoms with E-state index in [0.29, 0.717) is 6.04 Å². The number of aryl methyl sites for hydroxylation is 3. The molecule has 1 nitrogen and oxygen atoms in total. The number of thiophene rings is 1. The fourth-order valence-corrected chi connectivity index (χ4v) is 4.96. The van der Waals surface area contributed by atoms with Crippen LogP contribution in [-0.4, -0.2) is 6.54 Å². The van der Waals surface area contributed by atoms with E-state index in [2.05, 4.69) is 59.4 Å². The maximum Gasteiger partial charge on any atom is 0.0704 e. The standard InChI is InChI=1S/C18H22BrNS/c1-3-9-20-18(16-11-17(19)21-12(16)2)15-8-7-13-5-4-6-14(13)10-15/h7-8,10-11,18,20H,3-6,9H2,1-2H3. The van der Waals surface area contributed by atoms with Crippen molar-refractivity contribution in [2.24, 2.45) is 0 Å². The highest BCUT2D eigenvalue weighted by Gasteiger charge is 2.20. The van der Waals surface area contributed by atoms with Gasteiger partial charge in [0.2, 0.25) is 0 Å². The van der Waals surface area contributed by atoms with Crippen LogP contribution in [0.25, 0.3) is 0 Å². The summed E-state index contributed by atoms with van der Waals surface area (Å²) in [5.41, 5.74) is 5.94. The van der Waals surface area contributed by atoms with Crippen LogP contribution in [0.1, 0.15) is 52.9 Å². The molecule has 0 fully saturated rings. The summed E-state index contributed by atoms with van der Waals surface area (Å²) >= 11 is 5.46. The third-order valence-electron chi connectivity index (χ3n) is 4.29. The molecule has 1 atom stereocenters. The average Bonchev–Trinajstić information content (AvgIpc) is 3.05. The number of benzene rings is 1. The fourth-order valence-electron chi connectivity index (χ4n) is 3.21. The first-order valence-electron chi connectivity index (χ1n) is 7.80.